The number of thiophene rings is 1. The number of rotatable bonds is 3. The molecule has 18 heavy (non-hydrogen) atoms. The van der Waals surface area contributed by atoms with Gasteiger partial charge in [-0.2, -0.15) is 0 Å². The fraction of sp³-hybridized carbons (Fsp3) is 0.643. The Morgan fingerprint density at radius 1 is 1.50 bits per heavy atom. The Bertz CT molecular complexity index is 408. The van der Waals surface area contributed by atoms with Gasteiger partial charge in [-0.1, -0.05) is 6.42 Å². The summed E-state index contributed by atoms with van der Waals surface area (Å²) < 4.78 is 0. The molecule has 0 saturated heterocycles. The molecule has 0 aliphatic heterocycles. The highest BCUT2D eigenvalue weighted by Gasteiger charge is 2.21. The first-order chi connectivity index (χ1) is 8.56. The lowest BCUT2D eigenvalue weighted by molar-refractivity contribution is 0.0876. The molecule has 2 N–H and O–H groups in total. The van der Waals surface area contributed by atoms with Crippen LogP contribution in [0.5, 0.6) is 0 Å². The maximum Gasteiger partial charge on any atom is 0.261 e. The summed E-state index contributed by atoms with van der Waals surface area (Å²) in [6.45, 7) is 4.75. The van der Waals surface area contributed by atoms with E-state index >= 15 is 0 Å². The number of nitrogens with one attached hydrogen (secondary N) is 1. The van der Waals surface area contributed by atoms with Gasteiger partial charge < -0.3 is 10.4 Å². The number of aliphatic hydroxyl groups excluding tert-OH is 1. The number of hydrogen-bond donors (Lipinski definition) is 2. The monoisotopic (exact) mass is 267 g/mol. The van der Waals surface area contributed by atoms with Gasteiger partial charge in [0, 0.05) is 11.4 Å². The maximum absolute atomic E-state index is 12.0. The number of aliphatic hydroxyl groups is 1. The van der Waals surface area contributed by atoms with Gasteiger partial charge in [0.2, 0.25) is 0 Å². The molecule has 3 nitrogen and oxygen atoms in total. The van der Waals surface area contributed by atoms with Crippen molar-refractivity contribution >= 4 is 17.2 Å². The normalized spacial score (nSPS) is 23.9. The van der Waals surface area contributed by atoms with Gasteiger partial charge in [0.1, 0.15) is 0 Å². The molecule has 1 aromatic rings. The van der Waals surface area contributed by atoms with Crippen LogP contribution in [0.4, 0.5) is 0 Å². The van der Waals surface area contributed by atoms with Crippen molar-refractivity contribution in [2.75, 3.05) is 6.54 Å². The van der Waals surface area contributed by atoms with E-state index in [1.807, 2.05) is 19.9 Å². The first kappa shape index (κ1) is 13.6. The van der Waals surface area contributed by atoms with Crippen molar-refractivity contribution < 1.29 is 9.90 Å². The summed E-state index contributed by atoms with van der Waals surface area (Å²) in [4.78, 5) is 14.0. The fourth-order valence-electron chi connectivity index (χ4n) is 2.46. The summed E-state index contributed by atoms with van der Waals surface area (Å²) in [5, 5.41) is 12.6. The molecule has 2 atom stereocenters. The minimum Gasteiger partial charge on any atom is -0.393 e. The van der Waals surface area contributed by atoms with Gasteiger partial charge in [0.15, 0.2) is 0 Å². The zero-order valence-electron chi connectivity index (χ0n) is 11.0. The molecule has 1 fully saturated rings. The summed E-state index contributed by atoms with van der Waals surface area (Å²) in [5.74, 6) is 0.455. The molecule has 1 amide bonds. The van der Waals surface area contributed by atoms with Gasteiger partial charge in [-0.25, -0.2) is 0 Å². The van der Waals surface area contributed by atoms with E-state index < -0.39 is 0 Å². The third kappa shape index (κ3) is 3.33. The second-order valence-corrected chi connectivity index (χ2v) is 6.50. The molecular formula is C14H21NO2S. The summed E-state index contributed by atoms with van der Waals surface area (Å²) in [6.07, 6.45) is 3.74. The van der Waals surface area contributed by atoms with Crippen LogP contribution in [-0.2, 0) is 0 Å². The van der Waals surface area contributed by atoms with E-state index in [0.717, 1.165) is 30.6 Å². The Hall–Kier alpha value is -0.870. The van der Waals surface area contributed by atoms with Crippen LogP contribution in [0.15, 0.2) is 6.07 Å². The van der Waals surface area contributed by atoms with Crippen molar-refractivity contribution in [3.05, 3.63) is 21.4 Å². The highest BCUT2D eigenvalue weighted by molar-refractivity contribution is 7.14. The lowest BCUT2D eigenvalue weighted by Crippen LogP contribution is -2.32. The molecule has 1 saturated carbocycles. The Labute approximate surface area is 112 Å². The van der Waals surface area contributed by atoms with Crippen molar-refractivity contribution in [2.45, 2.75) is 45.6 Å². The quantitative estimate of drug-likeness (QED) is 0.884. The zero-order valence-corrected chi connectivity index (χ0v) is 11.8. The summed E-state index contributed by atoms with van der Waals surface area (Å²) in [5.41, 5.74) is 1.18. The molecule has 0 radical (unpaired) electrons. The van der Waals surface area contributed by atoms with Crippen LogP contribution < -0.4 is 5.32 Å². The number of carbonyl (C=O) groups is 1. The number of hydrogen-bond acceptors (Lipinski definition) is 3. The van der Waals surface area contributed by atoms with Crippen LogP contribution in [0.2, 0.25) is 0 Å². The minimum absolute atomic E-state index is 0.0243. The van der Waals surface area contributed by atoms with E-state index in [2.05, 4.69) is 5.32 Å². The molecule has 0 bridgehead atoms. The SMILES string of the molecule is Cc1cc(C(=O)NCC2CCCC(O)C2)sc1C. The molecular weight excluding hydrogens is 246 g/mol. The molecule has 1 heterocycles. The van der Waals surface area contributed by atoms with Crippen molar-refractivity contribution in [3.8, 4) is 0 Å². The second kappa shape index (κ2) is 5.85. The summed E-state index contributed by atoms with van der Waals surface area (Å²) in [6, 6.07) is 1.95. The number of amides is 1. The van der Waals surface area contributed by atoms with Crippen LogP contribution >= 0.6 is 11.3 Å². The van der Waals surface area contributed by atoms with Crippen molar-refractivity contribution in [2.24, 2.45) is 5.92 Å². The average molecular weight is 267 g/mol. The van der Waals surface area contributed by atoms with Crippen LogP contribution in [0.3, 0.4) is 0 Å². The van der Waals surface area contributed by atoms with E-state index in [1.54, 1.807) is 11.3 Å². The molecule has 1 aliphatic carbocycles. The number of aryl methyl sites for hydroxylation is 2. The third-order valence-corrected chi connectivity index (χ3v) is 4.85. The first-order valence-electron chi connectivity index (χ1n) is 6.59. The van der Waals surface area contributed by atoms with E-state index in [4.69, 9.17) is 0 Å². The first-order valence-corrected chi connectivity index (χ1v) is 7.41. The van der Waals surface area contributed by atoms with Crippen molar-refractivity contribution in [1.82, 2.24) is 5.32 Å². The van der Waals surface area contributed by atoms with E-state index in [0.29, 0.717) is 12.5 Å². The van der Waals surface area contributed by atoms with Gasteiger partial charge in [0.05, 0.1) is 11.0 Å². The molecule has 2 unspecified atom stereocenters. The Morgan fingerprint density at radius 2 is 2.28 bits per heavy atom. The smallest absolute Gasteiger partial charge is 0.261 e. The van der Waals surface area contributed by atoms with E-state index in [9.17, 15) is 9.90 Å². The van der Waals surface area contributed by atoms with Crippen LogP contribution in [0.1, 0.15) is 45.8 Å². The van der Waals surface area contributed by atoms with Crippen LogP contribution in [-0.4, -0.2) is 23.7 Å². The van der Waals surface area contributed by atoms with Gasteiger partial charge >= 0.3 is 0 Å². The number of carbonyl (C=O) groups excluding carboxylic acids is 1. The Kier molecular flexibility index (Phi) is 4.40. The van der Waals surface area contributed by atoms with E-state index in [1.165, 1.54) is 10.4 Å². The molecule has 1 aromatic heterocycles. The highest BCUT2D eigenvalue weighted by Crippen LogP contribution is 2.24. The van der Waals surface area contributed by atoms with E-state index in [-0.39, 0.29) is 12.0 Å². The molecule has 2 rings (SSSR count). The maximum atomic E-state index is 12.0. The molecule has 0 aromatic carbocycles. The molecule has 4 heteroatoms. The fourth-order valence-corrected chi connectivity index (χ4v) is 3.41. The molecule has 100 valence electrons. The minimum atomic E-state index is -0.174. The van der Waals surface area contributed by atoms with Crippen molar-refractivity contribution in [1.29, 1.82) is 0 Å². The zero-order chi connectivity index (χ0) is 13.1. The van der Waals surface area contributed by atoms with Crippen LogP contribution in [0, 0.1) is 19.8 Å². The highest BCUT2D eigenvalue weighted by atomic mass is 32.1. The predicted molar refractivity (Wildman–Crippen MR) is 74.1 cm³/mol. The van der Waals surface area contributed by atoms with Crippen molar-refractivity contribution in [3.63, 3.8) is 0 Å². The average Bonchev–Trinajstić information content (AvgIpc) is 2.67. The largest absolute Gasteiger partial charge is 0.393 e. The van der Waals surface area contributed by atoms with Gasteiger partial charge in [-0.15, -0.1) is 11.3 Å². The van der Waals surface area contributed by atoms with Gasteiger partial charge in [-0.3, -0.25) is 4.79 Å². The molecule has 0 spiro atoms. The van der Waals surface area contributed by atoms with Gasteiger partial charge in [0.25, 0.3) is 5.91 Å². The Morgan fingerprint density at radius 3 is 2.89 bits per heavy atom. The predicted octanol–water partition coefficient (Wildman–Crippen LogP) is 2.65. The second-order valence-electron chi connectivity index (χ2n) is 5.25. The topological polar surface area (TPSA) is 49.3 Å². The lowest BCUT2D eigenvalue weighted by Gasteiger charge is -2.25. The Balaban J connectivity index is 1.84. The summed E-state index contributed by atoms with van der Waals surface area (Å²) in [7, 11) is 0. The third-order valence-electron chi connectivity index (χ3n) is 3.70. The standard InChI is InChI=1S/C14H21NO2S/c1-9-6-13(18-10(9)2)14(17)15-8-11-4-3-5-12(16)7-11/h6,11-12,16H,3-5,7-8H2,1-2H3,(H,15,17). The molecule has 1 aliphatic rings. The van der Waals surface area contributed by atoms with Crippen LogP contribution in [0.25, 0.3) is 0 Å². The lowest BCUT2D eigenvalue weighted by atomic mass is 9.87. The summed E-state index contributed by atoms with van der Waals surface area (Å²) >= 11 is 1.55. The van der Waals surface area contributed by atoms with Gasteiger partial charge in [-0.05, 0) is 50.7 Å².